The largest absolute Gasteiger partial charge is 0.467 e. The van der Waals surface area contributed by atoms with Gasteiger partial charge in [0.1, 0.15) is 17.1 Å². The van der Waals surface area contributed by atoms with Crippen LogP contribution >= 0.6 is 0 Å². The molecule has 0 fully saturated rings. The van der Waals surface area contributed by atoms with Crippen LogP contribution in [-0.4, -0.2) is 36.6 Å². The van der Waals surface area contributed by atoms with Gasteiger partial charge in [-0.1, -0.05) is 91.0 Å². The number of carbonyl (C=O) groups is 3. The molecule has 0 saturated carbocycles. The molecule has 35 heavy (non-hydrogen) atoms. The van der Waals surface area contributed by atoms with Gasteiger partial charge in [0.25, 0.3) is 0 Å². The van der Waals surface area contributed by atoms with Crippen molar-refractivity contribution in [1.82, 2.24) is 5.32 Å². The Kier molecular flexibility index (Phi) is 8.07. The van der Waals surface area contributed by atoms with Gasteiger partial charge in [-0.3, -0.25) is 9.59 Å². The van der Waals surface area contributed by atoms with Crippen molar-refractivity contribution in [1.29, 1.82) is 0 Å². The van der Waals surface area contributed by atoms with Gasteiger partial charge in [-0.15, -0.1) is 0 Å². The Hall–Kier alpha value is -3.93. The molecule has 0 aliphatic carbocycles. The summed E-state index contributed by atoms with van der Waals surface area (Å²) < 4.78 is 10.3. The van der Waals surface area contributed by atoms with E-state index in [2.05, 4.69) is 5.32 Å². The Morgan fingerprint density at radius 3 is 1.49 bits per heavy atom. The van der Waals surface area contributed by atoms with Crippen LogP contribution in [0.5, 0.6) is 0 Å². The summed E-state index contributed by atoms with van der Waals surface area (Å²) in [5, 5.41) is 2.81. The van der Waals surface area contributed by atoms with E-state index < -0.39 is 34.9 Å². The summed E-state index contributed by atoms with van der Waals surface area (Å²) in [6.07, 6.45) is -0.357. The lowest BCUT2D eigenvalue weighted by atomic mass is 9.68. The van der Waals surface area contributed by atoms with E-state index in [4.69, 9.17) is 9.47 Å². The number of ether oxygens (including phenoxy) is 2. The van der Waals surface area contributed by atoms with E-state index in [0.717, 1.165) is 16.7 Å². The standard InChI is InChI=1S/C29H31NO5/c1-28(2,3)35-25(31)20-24(26(32)34-4)30-27(33)29(21-14-8-5-9-15-21,22-16-10-6-11-17-22)23-18-12-7-13-19-23/h5-19,24H,20H2,1-4H3,(H,30,33)/t24-/m0/s1. The molecule has 0 radical (unpaired) electrons. The van der Waals surface area contributed by atoms with Crippen LogP contribution in [0.2, 0.25) is 0 Å². The van der Waals surface area contributed by atoms with Crippen LogP contribution in [0, 0.1) is 0 Å². The van der Waals surface area contributed by atoms with Gasteiger partial charge in [-0.25, -0.2) is 4.79 Å². The van der Waals surface area contributed by atoms with Crippen LogP contribution in [0.15, 0.2) is 91.0 Å². The highest BCUT2D eigenvalue weighted by atomic mass is 16.6. The van der Waals surface area contributed by atoms with Gasteiger partial charge >= 0.3 is 11.9 Å². The second-order valence-corrected chi connectivity index (χ2v) is 9.19. The molecule has 0 aromatic heterocycles. The van der Waals surface area contributed by atoms with Gasteiger partial charge in [-0.05, 0) is 37.5 Å². The smallest absolute Gasteiger partial charge is 0.328 e. The van der Waals surface area contributed by atoms with Crippen molar-refractivity contribution in [3.63, 3.8) is 0 Å². The van der Waals surface area contributed by atoms with E-state index in [1.54, 1.807) is 20.8 Å². The Bertz CT molecular complexity index is 1040. The monoisotopic (exact) mass is 473 g/mol. The number of esters is 2. The van der Waals surface area contributed by atoms with Crippen molar-refractivity contribution in [2.24, 2.45) is 0 Å². The van der Waals surface area contributed by atoms with E-state index in [0.29, 0.717) is 0 Å². The maximum absolute atomic E-state index is 14.3. The average molecular weight is 474 g/mol. The fourth-order valence-electron chi connectivity index (χ4n) is 4.11. The molecule has 6 heteroatoms. The summed E-state index contributed by atoms with van der Waals surface area (Å²) in [5.41, 5.74) is 0.135. The van der Waals surface area contributed by atoms with Gasteiger partial charge in [0.15, 0.2) is 0 Å². The maximum Gasteiger partial charge on any atom is 0.328 e. The van der Waals surface area contributed by atoms with E-state index >= 15 is 0 Å². The SMILES string of the molecule is COC(=O)[C@H](CC(=O)OC(C)(C)C)NC(=O)C(c1ccccc1)(c1ccccc1)c1ccccc1. The van der Waals surface area contributed by atoms with Crippen LogP contribution < -0.4 is 5.32 Å². The summed E-state index contributed by atoms with van der Waals surface area (Å²) in [6, 6.07) is 26.8. The Morgan fingerprint density at radius 2 is 1.14 bits per heavy atom. The fourth-order valence-corrected chi connectivity index (χ4v) is 4.11. The lowest BCUT2D eigenvalue weighted by molar-refractivity contribution is -0.159. The van der Waals surface area contributed by atoms with Crippen molar-refractivity contribution in [3.8, 4) is 0 Å². The van der Waals surface area contributed by atoms with E-state index in [9.17, 15) is 14.4 Å². The number of hydrogen-bond acceptors (Lipinski definition) is 5. The first-order valence-electron chi connectivity index (χ1n) is 11.5. The second-order valence-electron chi connectivity index (χ2n) is 9.19. The van der Waals surface area contributed by atoms with Crippen LogP contribution in [-0.2, 0) is 29.3 Å². The highest BCUT2D eigenvalue weighted by molar-refractivity contribution is 5.99. The van der Waals surface area contributed by atoms with E-state index in [1.165, 1.54) is 7.11 Å². The molecule has 3 aromatic rings. The van der Waals surface area contributed by atoms with Crippen LogP contribution in [0.3, 0.4) is 0 Å². The molecule has 1 atom stereocenters. The lowest BCUT2D eigenvalue weighted by Gasteiger charge is -2.35. The van der Waals surface area contributed by atoms with Gasteiger partial charge in [0.05, 0.1) is 13.5 Å². The first-order chi connectivity index (χ1) is 16.7. The predicted molar refractivity (Wildman–Crippen MR) is 134 cm³/mol. The summed E-state index contributed by atoms with van der Waals surface area (Å²) in [4.78, 5) is 39.5. The third kappa shape index (κ3) is 5.96. The normalized spacial score (nSPS) is 12.3. The van der Waals surface area contributed by atoms with E-state index in [-0.39, 0.29) is 6.42 Å². The van der Waals surface area contributed by atoms with Crippen LogP contribution in [0.25, 0.3) is 0 Å². The molecule has 0 saturated heterocycles. The summed E-state index contributed by atoms with van der Waals surface area (Å²) >= 11 is 0. The Morgan fingerprint density at radius 1 is 0.743 bits per heavy atom. The molecule has 3 aromatic carbocycles. The van der Waals surface area contributed by atoms with Crippen LogP contribution in [0.4, 0.5) is 0 Å². The Balaban J connectivity index is 2.13. The van der Waals surface area contributed by atoms with Crippen molar-refractivity contribution in [3.05, 3.63) is 108 Å². The third-order valence-electron chi connectivity index (χ3n) is 5.54. The molecule has 0 aliphatic heterocycles. The first-order valence-corrected chi connectivity index (χ1v) is 11.5. The molecule has 0 unspecified atom stereocenters. The Labute approximate surface area is 206 Å². The molecular weight excluding hydrogens is 442 g/mol. The number of nitrogens with one attached hydrogen (secondary N) is 1. The van der Waals surface area contributed by atoms with Crippen molar-refractivity contribution in [2.75, 3.05) is 7.11 Å². The summed E-state index contributed by atoms with van der Waals surface area (Å²) in [5.74, 6) is -1.80. The zero-order valence-corrected chi connectivity index (χ0v) is 20.5. The van der Waals surface area contributed by atoms with Crippen molar-refractivity contribution < 1.29 is 23.9 Å². The van der Waals surface area contributed by atoms with Gasteiger partial charge < -0.3 is 14.8 Å². The van der Waals surface area contributed by atoms with Gasteiger partial charge in [0, 0.05) is 0 Å². The molecule has 1 amide bonds. The topological polar surface area (TPSA) is 81.7 Å². The molecular formula is C29H31NO5. The van der Waals surface area contributed by atoms with E-state index in [1.807, 2.05) is 91.0 Å². The summed E-state index contributed by atoms with van der Waals surface area (Å²) in [7, 11) is 1.22. The predicted octanol–water partition coefficient (Wildman–Crippen LogP) is 4.41. The molecule has 0 bridgehead atoms. The maximum atomic E-state index is 14.3. The summed E-state index contributed by atoms with van der Waals surface area (Å²) in [6.45, 7) is 5.21. The molecule has 0 heterocycles. The number of methoxy groups -OCH3 is 1. The minimum absolute atomic E-state index is 0.357. The number of carbonyl (C=O) groups excluding carboxylic acids is 3. The molecule has 3 rings (SSSR count). The minimum Gasteiger partial charge on any atom is -0.467 e. The first kappa shape index (κ1) is 25.7. The number of hydrogen-bond donors (Lipinski definition) is 1. The zero-order valence-electron chi connectivity index (χ0n) is 20.5. The quantitative estimate of drug-likeness (QED) is 0.387. The molecule has 6 nitrogen and oxygen atoms in total. The molecule has 182 valence electrons. The minimum atomic E-state index is -1.29. The lowest BCUT2D eigenvalue weighted by Crippen LogP contribution is -2.53. The average Bonchev–Trinajstić information content (AvgIpc) is 2.84. The number of benzene rings is 3. The third-order valence-corrected chi connectivity index (χ3v) is 5.54. The molecule has 0 spiro atoms. The highest BCUT2D eigenvalue weighted by Gasteiger charge is 2.45. The van der Waals surface area contributed by atoms with Gasteiger partial charge in [0.2, 0.25) is 5.91 Å². The molecule has 0 aliphatic rings. The highest BCUT2D eigenvalue weighted by Crippen LogP contribution is 2.39. The zero-order chi connectivity index (χ0) is 25.5. The number of amides is 1. The molecule has 1 N–H and O–H groups in total. The van der Waals surface area contributed by atoms with Crippen molar-refractivity contribution in [2.45, 2.75) is 44.2 Å². The fraction of sp³-hybridized carbons (Fsp3) is 0.276. The van der Waals surface area contributed by atoms with Crippen molar-refractivity contribution >= 4 is 17.8 Å². The van der Waals surface area contributed by atoms with Gasteiger partial charge in [-0.2, -0.15) is 0 Å². The van der Waals surface area contributed by atoms with Crippen LogP contribution in [0.1, 0.15) is 43.9 Å². The number of rotatable bonds is 8. The second kappa shape index (κ2) is 11.0.